The third-order valence-electron chi connectivity index (χ3n) is 8.81. The Hall–Kier alpha value is -3.78. The lowest BCUT2D eigenvalue weighted by Gasteiger charge is -2.32. The Labute approximate surface area is 235 Å². The number of fused-ring (bicyclic) bond motifs is 3. The van der Waals surface area contributed by atoms with E-state index >= 15 is 0 Å². The lowest BCUT2D eigenvalue weighted by atomic mass is 9.71. The van der Waals surface area contributed by atoms with Gasteiger partial charge in [-0.05, 0) is 104 Å². The number of ether oxygens (including phenoxy) is 1. The van der Waals surface area contributed by atoms with Crippen molar-refractivity contribution in [3.63, 3.8) is 0 Å². The summed E-state index contributed by atoms with van der Waals surface area (Å²) < 4.78 is 18.4. The molecular weight excluding hydrogens is 503 g/mol. The molecule has 1 N–H and O–H groups in total. The first-order valence-corrected chi connectivity index (χ1v) is 13.6. The topological polar surface area (TPSA) is 106 Å². The summed E-state index contributed by atoms with van der Waals surface area (Å²) in [7, 11) is -0.633. The van der Waals surface area contributed by atoms with Crippen LogP contribution in [0.15, 0.2) is 53.6 Å². The maximum Gasteiger partial charge on any atom is 0.495 e. The van der Waals surface area contributed by atoms with Crippen molar-refractivity contribution in [1.82, 2.24) is 5.32 Å². The van der Waals surface area contributed by atoms with Crippen LogP contribution in [0.1, 0.15) is 67.0 Å². The number of hydrogen-bond donors (Lipinski definition) is 1. The van der Waals surface area contributed by atoms with E-state index in [2.05, 4.69) is 39.6 Å². The fraction of sp³-hybridized carbons (Fsp3) is 0.387. The Balaban J connectivity index is 1.36. The van der Waals surface area contributed by atoms with Crippen molar-refractivity contribution in [2.75, 3.05) is 6.61 Å². The molecule has 1 aliphatic carbocycles. The number of amides is 1. The molecule has 2 aliphatic rings. The minimum Gasteiger partial charge on any atom is -0.449 e. The summed E-state index contributed by atoms with van der Waals surface area (Å²) >= 11 is 0. The molecule has 0 aromatic heterocycles. The predicted molar refractivity (Wildman–Crippen MR) is 157 cm³/mol. The smallest absolute Gasteiger partial charge is 0.449 e. The molecule has 0 bridgehead atoms. The van der Waals surface area contributed by atoms with Gasteiger partial charge in [0.25, 0.3) is 0 Å². The van der Waals surface area contributed by atoms with Crippen LogP contribution in [0.5, 0.6) is 0 Å². The Kier molecular flexibility index (Phi) is 7.17. The monoisotopic (exact) mass is 538 g/mol. The van der Waals surface area contributed by atoms with Crippen molar-refractivity contribution >= 4 is 24.4 Å². The van der Waals surface area contributed by atoms with E-state index in [4.69, 9.17) is 14.0 Å². The summed E-state index contributed by atoms with van der Waals surface area (Å²) in [6.45, 7) is 14.2. The van der Waals surface area contributed by atoms with Gasteiger partial charge in [-0.15, -0.1) is 0 Å². The number of nitrogens with zero attached hydrogens (tertiary/aromatic N) is 3. The van der Waals surface area contributed by atoms with E-state index in [-0.39, 0.29) is 19.1 Å². The average molecular weight is 538 g/mol. The molecule has 1 aliphatic heterocycles. The Morgan fingerprint density at radius 1 is 0.950 bits per heavy atom. The van der Waals surface area contributed by atoms with Crippen LogP contribution in [0.25, 0.3) is 21.6 Å². The van der Waals surface area contributed by atoms with Crippen LogP contribution >= 0.6 is 0 Å². The van der Waals surface area contributed by atoms with E-state index in [1.807, 2.05) is 72.7 Å². The summed E-state index contributed by atoms with van der Waals surface area (Å²) in [5.41, 5.74) is 17.6. The number of azide groups is 1. The van der Waals surface area contributed by atoms with E-state index in [9.17, 15) is 10.3 Å². The largest absolute Gasteiger partial charge is 0.495 e. The first-order chi connectivity index (χ1) is 19.0. The number of alkyl carbamates (subject to hydrolysis) is 1. The van der Waals surface area contributed by atoms with Crippen molar-refractivity contribution in [2.45, 2.75) is 72.1 Å². The number of nitrogens with one attached hydrogen (secondary N) is 1. The Morgan fingerprint density at radius 3 is 2.05 bits per heavy atom. The Morgan fingerprint density at radius 2 is 1.50 bits per heavy atom. The van der Waals surface area contributed by atoms with E-state index < -0.39 is 24.4 Å². The highest BCUT2D eigenvalue weighted by molar-refractivity contribution is 6.63. The molecule has 1 fully saturated rings. The number of benzene rings is 3. The highest BCUT2D eigenvalue weighted by Crippen LogP contribution is 2.44. The molecule has 40 heavy (non-hydrogen) atoms. The van der Waals surface area contributed by atoms with Crippen LogP contribution in [0, 0.1) is 20.8 Å². The van der Waals surface area contributed by atoms with Crippen LogP contribution in [0.3, 0.4) is 0 Å². The molecule has 0 saturated carbocycles. The molecule has 1 saturated heterocycles. The molecule has 1 amide bonds. The van der Waals surface area contributed by atoms with Gasteiger partial charge in [-0.2, -0.15) is 0 Å². The number of rotatable bonds is 6. The molecule has 8 nitrogen and oxygen atoms in total. The SMILES string of the molecule is Cc1c(CNC(=O)OCC2c3ccccc3-c3ccccc32)c(C)c(B2OC(C)(C)C(C)(C)O2)c(C)c1N=[N+]=[N-]. The second-order valence-corrected chi connectivity index (χ2v) is 11.6. The molecule has 5 rings (SSSR count). The second kappa shape index (κ2) is 10.3. The third kappa shape index (κ3) is 4.64. The van der Waals surface area contributed by atoms with Gasteiger partial charge in [-0.1, -0.05) is 53.6 Å². The maximum absolute atomic E-state index is 12.9. The zero-order chi connectivity index (χ0) is 28.8. The highest BCUT2D eigenvalue weighted by Gasteiger charge is 2.52. The molecule has 206 valence electrons. The van der Waals surface area contributed by atoms with Gasteiger partial charge in [0, 0.05) is 23.1 Å². The summed E-state index contributed by atoms with van der Waals surface area (Å²) in [6.07, 6.45) is -0.510. The highest BCUT2D eigenvalue weighted by atomic mass is 16.7. The fourth-order valence-electron chi connectivity index (χ4n) is 5.86. The third-order valence-corrected chi connectivity index (χ3v) is 8.81. The predicted octanol–water partition coefficient (Wildman–Crippen LogP) is 6.89. The van der Waals surface area contributed by atoms with Crippen molar-refractivity contribution in [1.29, 1.82) is 0 Å². The van der Waals surface area contributed by atoms with Gasteiger partial charge in [0.1, 0.15) is 6.61 Å². The van der Waals surface area contributed by atoms with E-state index in [0.717, 1.165) is 38.8 Å². The molecule has 0 spiro atoms. The average Bonchev–Trinajstić information content (AvgIpc) is 3.34. The van der Waals surface area contributed by atoms with Crippen LogP contribution < -0.4 is 10.8 Å². The summed E-state index contributed by atoms with van der Waals surface area (Å²) in [5.74, 6) is -0.0208. The zero-order valence-corrected chi connectivity index (χ0v) is 24.2. The molecule has 3 aromatic carbocycles. The lowest BCUT2D eigenvalue weighted by molar-refractivity contribution is 0.00578. The van der Waals surface area contributed by atoms with Gasteiger partial charge >= 0.3 is 13.2 Å². The van der Waals surface area contributed by atoms with Crippen molar-refractivity contribution in [2.24, 2.45) is 5.11 Å². The molecule has 3 aromatic rings. The second-order valence-electron chi connectivity index (χ2n) is 11.6. The summed E-state index contributed by atoms with van der Waals surface area (Å²) in [6, 6.07) is 16.5. The number of hydrogen-bond acceptors (Lipinski definition) is 5. The summed E-state index contributed by atoms with van der Waals surface area (Å²) in [4.78, 5) is 16.0. The Bertz CT molecular complexity index is 1480. The first kappa shape index (κ1) is 27.8. The molecule has 1 heterocycles. The maximum atomic E-state index is 12.9. The normalized spacial score (nSPS) is 16.7. The van der Waals surface area contributed by atoms with Crippen LogP contribution in [-0.4, -0.2) is 31.0 Å². The minimum atomic E-state index is -0.633. The molecule has 0 radical (unpaired) electrons. The van der Waals surface area contributed by atoms with E-state index in [1.165, 1.54) is 11.1 Å². The van der Waals surface area contributed by atoms with E-state index in [1.54, 1.807) is 0 Å². The van der Waals surface area contributed by atoms with Gasteiger partial charge in [0.15, 0.2) is 0 Å². The molecule has 0 atom stereocenters. The number of carbonyl (C=O) groups is 1. The number of carbonyl (C=O) groups excluding carboxylic acids is 1. The first-order valence-electron chi connectivity index (χ1n) is 13.6. The molecule has 0 unspecified atom stereocenters. The van der Waals surface area contributed by atoms with Gasteiger partial charge in [-0.25, -0.2) is 4.79 Å². The summed E-state index contributed by atoms with van der Waals surface area (Å²) in [5, 5.41) is 6.91. The van der Waals surface area contributed by atoms with Crippen molar-refractivity contribution < 1.29 is 18.8 Å². The van der Waals surface area contributed by atoms with Gasteiger partial charge in [-0.3, -0.25) is 0 Å². The zero-order valence-electron chi connectivity index (χ0n) is 24.2. The van der Waals surface area contributed by atoms with Crippen LogP contribution in [-0.2, 0) is 20.6 Å². The quantitative estimate of drug-likeness (QED) is 0.160. The van der Waals surface area contributed by atoms with Crippen LogP contribution in [0.4, 0.5) is 10.5 Å². The van der Waals surface area contributed by atoms with E-state index in [0.29, 0.717) is 5.69 Å². The fourth-order valence-corrected chi connectivity index (χ4v) is 5.86. The van der Waals surface area contributed by atoms with Crippen molar-refractivity contribution in [3.8, 4) is 11.1 Å². The van der Waals surface area contributed by atoms with Crippen LogP contribution in [0.2, 0.25) is 0 Å². The lowest BCUT2D eigenvalue weighted by Crippen LogP contribution is -2.41. The van der Waals surface area contributed by atoms with Crippen molar-refractivity contribution in [3.05, 3.63) is 92.4 Å². The van der Waals surface area contributed by atoms with Gasteiger partial charge in [0.2, 0.25) is 0 Å². The molecular formula is C31H35BN4O4. The molecule has 9 heteroatoms. The standard InChI is InChI=1S/C31H35BN4O4/c1-18-25(19(2)28(35-36-33)20(3)27(18)32-39-30(4,5)31(6,7)40-32)16-34-29(37)38-17-26-23-14-10-8-12-21(23)22-13-9-11-15-24(22)26/h8-15,26H,16-17H2,1-7H3,(H,34,37). The van der Waals surface area contributed by atoms with Gasteiger partial charge < -0.3 is 19.4 Å². The minimum absolute atomic E-state index is 0.0208. The van der Waals surface area contributed by atoms with Gasteiger partial charge in [0.05, 0.1) is 11.2 Å².